The molecule has 2 aromatic rings. The van der Waals surface area contributed by atoms with E-state index in [-0.39, 0.29) is 5.91 Å². The highest BCUT2D eigenvalue weighted by Gasteiger charge is 2.16. The van der Waals surface area contributed by atoms with Gasteiger partial charge >= 0.3 is 0 Å². The Balaban J connectivity index is 1.65. The van der Waals surface area contributed by atoms with Gasteiger partial charge in [0, 0.05) is 19.3 Å². The molecule has 2 heterocycles. The highest BCUT2D eigenvalue weighted by Crippen LogP contribution is 2.10. The molecule has 1 aliphatic rings. The van der Waals surface area contributed by atoms with Gasteiger partial charge in [0.1, 0.15) is 18.1 Å². The first-order chi connectivity index (χ1) is 9.33. The van der Waals surface area contributed by atoms with Gasteiger partial charge in [-0.2, -0.15) is 0 Å². The van der Waals surface area contributed by atoms with Gasteiger partial charge in [-0.25, -0.2) is 4.98 Å². The first-order valence-electron chi connectivity index (χ1n) is 6.29. The van der Waals surface area contributed by atoms with E-state index in [1.54, 1.807) is 6.20 Å². The SMILES string of the molecule is O=C(NCc1ccccc1)c1cn2c(n1)COCC2. The molecule has 1 amide bonds. The Hall–Kier alpha value is -2.14. The fourth-order valence-electron chi connectivity index (χ4n) is 2.07. The quantitative estimate of drug-likeness (QED) is 0.902. The maximum absolute atomic E-state index is 12.0. The number of rotatable bonds is 3. The molecule has 3 rings (SSSR count). The molecule has 0 saturated carbocycles. The van der Waals surface area contributed by atoms with Crippen molar-refractivity contribution in [2.75, 3.05) is 6.61 Å². The summed E-state index contributed by atoms with van der Waals surface area (Å²) in [4.78, 5) is 16.3. The monoisotopic (exact) mass is 257 g/mol. The predicted molar refractivity (Wildman–Crippen MR) is 69.5 cm³/mol. The second-order valence-electron chi connectivity index (χ2n) is 4.46. The van der Waals surface area contributed by atoms with Crippen LogP contribution in [0.15, 0.2) is 36.5 Å². The van der Waals surface area contributed by atoms with Gasteiger partial charge in [0.2, 0.25) is 0 Å². The van der Waals surface area contributed by atoms with Gasteiger partial charge in [-0.05, 0) is 5.56 Å². The van der Waals surface area contributed by atoms with Gasteiger partial charge in [-0.15, -0.1) is 0 Å². The van der Waals surface area contributed by atoms with Crippen LogP contribution in [0.4, 0.5) is 0 Å². The number of carbonyl (C=O) groups is 1. The van der Waals surface area contributed by atoms with E-state index in [9.17, 15) is 4.79 Å². The molecule has 1 aromatic heterocycles. The third kappa shape index (κ3) is 2.66. The van der Waals surface area contributed by atoms with E-state index in [1.165, 1.54) is 0 Å². The maximum Gasteiger partial charge on any atom is 0.271 e. The Bertz CT molecular complexity index is 554. The number of nitrogens with one attached hydrogen (secondary N) is 1. The highest BCUT2D eigenvalue weighted by molar-refractivity contribution is 5.92. The van der Waals surface area contributed by atoms with Crippen molar-refractivity contribution in [2.24, 2.45) is 0 Å². The molecule has 1 aromatic carbocycles. The van der Waals surface area contributed by atoms with Gasteiger partial charge in [-0.3, -0.25) is 4.79 Å². The number of benzene rings is 1. The Kier molecular flexibility index (Phi) is 3.29. The lowest BCUT2D eigenvalue weighted by molar-refractivity contribution is 0.0816. The van der Waals surface area contributed by atoms with Crippen LogP contribution in [-0.2, 0) is 24.4 Å². The molecule has 1 N–H and O–H groups in total. The fraction of sp³-hybridized carbons (Fsp3) is 0.286. The van der Waals surface area contributed by atoms with E-state index in [1.807, 2.05) is 34.9 Å². The van der Waals surface area contributed by atoms with E-state index in [4.69, 9.17) is 4.74 Å². The zero-order valence-corrected chi connectivity index (χ0v) is 10.5. The molecule has 0 spiro atoms. The lowest BCUT2D eigenvalue weighted by Gasteiger charge is -2.13. The van der Waals surface area contributed by atoms with Crippen LogP contribution < -0.4 is 5.32 Å². The molecule has 0 atom stereocenters. The summed E-state index contributed by atoms with van der Waals surface area (Å²) < 4.78 is 7.28. The zero-order valence-electron chi connectivity index (χ0n) is 10.5. The molecular weight excluding hydrogens is 242 g/mol. The van der Waals surface area contributed by atoms with Crippen molar-refractivity contribution in [2.45, 2.75) is 19.7 Å². The van der Waals surface area contributed by atoms with Crippen LogP contribution in [-0.4, -0.2) is 22.1 Å². The number of aromatic nitrogens is 2. The van der Waals surface area contributed by atoms with Gasteiger partial charge in [0.25, 0.3) is 5.91 Å². The molecule has 98 valence electrons. The normalized spacial score (nSPS) is 13.9. The molecular formula is C14H15N3O2. The van der Waals surface area contributed by atoms with Gasteiger partial charge in [-0.1, -0.05) is 30.3 Å². The number of hydrogen-bond acceptors (Lipinski definition) is 3. The Morgan fingerprint density at radius 2 is 2.21 bits per heavy atom. The van der Waals surface area contributed by atoms with Crippen molar-refractivity contribution in [3.05, 3.63) is 53.6 Å². The van der Waals surface area contributed by atoms with Crippen LogP contribution in [0.2, 0.25) is 0 Å². The summed E-state index contributed by atoms with van der Waals surface area (Å²) in [6.45, 7) is 2.42. The molecule has 19 heavy (non-hydrogen) atoms. The minimum Gasteiger partial charge on any atom is -0.372 e. The number of hydrogen-bond donors (Lipinski definition) is 1. The number of fused-ring (bicyclic) bond motifs is 1. The van der Waals surface area contributed by atoms with Crippen molar-refractivity contribution in [1.82, 2.24) is 14.9 Å². The van der Waals surface area contributed by atoms with Crippen molar-refractivity contribution >= 4 is 5.91 Å². The third-order valence-corrected chi connectivity index (χ3v) is 3.10. The second-order valence-corrected chi connectivity index (χ2v) is 4.46. The molecule has 0 aliphatic carbocycles. The predicted octanol–water partition coefficient (Wildman–Crippen LogP) is 1.34. The first-order valence-corrected chi connectivity index (χ1v) is 6.29. The Morgan fingerprint density at radius 1 is 1.37 bits per heavy atom. The van der Waals surface area contributed by atoms with E-state index in [0.717, 1.165) is 17.9 Å². The lowest BCUT2D eigenvalue weighted by Crippen LogP contribution is -2.23. The second kappa shape index (κ2) is 5.24. The summed E-state index contributed by atoms with van der Waals surface area (Å²) in [5.74, 6) is 0.668. The summed E-state index contributed by atoms with van der Waals surface area (Å²) in [5, 5.41) is 2.87. The first kappa shape index (κ1) is 11.9. The standard InChI is InChI=1S/C14H15N3O2/c18-14(15-8-11-4-2-1-3-5-11)12-9-17-6-7-19-10-13(17)16-12/h1-5,9H,6-8,10H2,(H,15,18). The van der Waals surface area contributed by atoms with Gasteiger partial charge in [0.05, 0.1) is 6.61 Å². The van der Waals surface area contributed by atoms with Gasteiger partial charge < -0.3 is 14.6 Å². The third-order valence-electron chi connectivity index (χ3n) is 3.10. The molecule has 1 aliphatic heterocycles. The van der Waals surface area contributed by atoms with Crippen LogP contribution >= 0.6 is 0 Å². The van der Waals surface area contributed by atoms with Crippen molar-refractivity contribution in [1.29, 1.82) is 0 Å². The molecule has 5 heteroatoms. The zero-order chi connectivity index (χ0) is 13.1. The van der Waals surface area contributed by atoms with E-state index < -0.39 is 0 Å². The number of nitrogens with zero attached hydrogens (tertiary/aromatic N) is 2. The van der Waals surface area contributed by atoms with Crippen molar-refractivity contribution in [3.8, 4) is 0 Å². The largest absolute Gasteiger partial charge is 0.372 e. The molecule has 0 radical (unpaired) electrons. The van der Waals surface area contributed by atoms with E-state index >= 15 is 0 Å². The average Bonchev–Trinajstić information content (AvgIpc) is 2.90. The Labute approximate surface area is 111 Å². The molecule has 0 bridgehead atoms. The van der Waals surface area contributed by atoms with Crippen LogP contribution in [0.3, 0.4) is 0 Å². The van der Waals surface area contributed by atoms with Crippen molar-refractivity contribution in [3.63, 3.8) is 0 Å². The minimum absolute atomic E-state index is 0.147. The van der Waals surface area contributed by atoms with E-state index in [2.05, 4.69) is 10.3 Å². The summed E-state index contributed by atoms with van der Waals surface area (Å²) in [5.41, 5.74) is 1.53. The van der Waals surface area contributed by atoms with Crippen LogP contribution in [0.25, 0.3) is 0 Å². The Morgan fingerprint density at radius 3 is 3.00 bits per heavy atom. The van der Waals surface area contributed by atoms with Crippen LogP contribution in [0.5, 0.6) is 0 Å². The summed E-state index contributed by atoms with van der Waals surface area (Å²) in [6.07, 6.45) is 1.79. The van der Waals surface area contributed by atoms with Crippen molar-refractivity contribution < 1.29 is 9.53 Å². The van der Waals surface area contributed by atoms with Gasteiger partial charge in [0.15, 0.2) is 0 Å². The summed E-state index contributed by atoms with van der Waals surface area (Å²) >= 11 is 0. The lowest BCUT2D eigenvalue weighted by atomic mass is 10.2. The van der Waals surface area contributed by atoms with Crippen LogP contribution in [0, 0.1) is 0 Å². The number of amides is 1. The number of imidazole rings is 1. The number of ether oxygens (including phenoxy) is 1. The average molecular weight is 257 g/mol. The minimum atomic E-state index is -0.147. The molecule has 5 nitrogen and oxygen atoms in total. The van der Waals surface area contributed by atoms with Crippen LogP contribution in [0.1, 0.15) is 21.9 Å². The smallest absolute Gasteiger partial charge is 0.271 e. The topological polar surface area (TPSA) is 56.2 Å². The van der Waals surface area contributed by atoms with E-state index in [0.29, 0.717) is 25.5 Å². The number of carbonyl (C=O) groups excluding carboxylic acids is 1. The highest BCUT2D eigenvalue weighted by atomic mass is 16.5. The molecule has 0 saturated heterocycles. The molecule has 0 fully saturated rings. The maximum atomic E-state index is 12.0. The fourth-order valence-corrected chi connectivity index (χ4v) is 2.07. The summed E-state index contributed by atoms with van der Waals surface area (Å²) in [6, 6.07) is 9.82. The summed E-state index contributed by atoms with van der Waals surface area (Å²) in [7, 11) is 0. The molecule has 0 unspecified atom stereocenters.